The zero-order valence-corrected chi connectivity index (χ0v) is 19.2. The van der Waals surface area contributed by atoms with E-state index in [0.717, 1.165) is 39.8 Å². The fraction of sp³-hybridized carbons (Fsp3) is 0.167. The first-order valence-corrected chi connectivity index (χ1v) is 14.1. The van der Waals surface area contributed by atoms with Crippen molar-refractivity contribution in [3.05, 3.63) is 54.9 Å². The van der Waals surface area contributed by atoms with Gasteiger partial charge in [0.1, 0.15) is 0 Å². The molecule has 0 unspecified atom stereocenters. The van der Waals surface area contributed by atoms with Crippen LogP contribution in [-0.2, 0) is 12.8 Å². The molecule has 0 atom stereocenters. The fourth-order valence-corrected chi connectivity index (χ4v) is 10.2. The van der Waals surface area contributed by atoms with Crippen molar-refractivity contribution in [2.24, 2.45) is 0 Å². The van der Waals surface area contributed by atoms with Gasteiger partial charge in [-0.05, 0) is 0 Å². The van der Waals surface area contributed by atoms with Crippen LogP contribution in [0.25, 0.3) is 9.40 Å². The van der Waals surface area contributed by atoms with Crippen molar-refractivity contribution in [2.45, 2.75) is 12.8 Å². The molecule has 0 aromatic carbocycles. The summed E-state index contributed by atoms with van der Waals surface area (Å²) in [5, 5.41) is 0. The molecule has 0 bridgehead atoms. The number of rotatable bonds is 6. The van der Waals surface area contributed by atoms with Crippen LogP contribution in [-0.4, -0.2) is 54.3 Å². The predicted octanol–water partition coefficient (Wildman–Crippen LogP) is 4.08. The molecule has 0 saturated heterocycles. The van der Waals surface area contributed by atoms with Crippen molar-refractivity contribution in [1.82, 2.24) is 0 Å². The van der Waals surface area contributed by atoms with Gasteiger partial charge in [0.15, 0.2) is 0 Å². The van der Waals surface area contributed by atoms with E-state index in [1.165, 1.54) is 16.9 Å². The molecule has 0 aliphatic carbocycles. The Bertz CT molecular complexity index is 963. The average Bonchev–Trinajstić information content (AvgIpc) is 3.33. The van der Waals surface area contributed by atoms with Crippen LogP contribution >= 0.6 is 22.7 Å². The van der Waals surface area contributed by atoms with Gasteiger partial charge < -0.3 is 0 Å². The summed E-state index contributed by atoms with van der Waals surface area (Å²) < 4.78 is 15.7. The van der Waals surface area contributed by atoms with E-state index in [1.807, 2.05) is 0 Å². The van der Waals surface area contributed by atoms with Crippen LogP contribution in [0.3, 0.4) is 0 Å². The first kappa shape index (κ1) is 17.1. The van der Waals surface area contributed by atoms with Crippen molar-refractivity contribution in [3.63, 3.8) is 0 Å². The predicted molar refractivity (Wildman–Crippen MR) is 104 cm³/mol. The van der Waals surface area contributed by atoms with Crippen LogP contribution in [0.2, 0.25) is 0 Å². The summed E-state index contributed by atoms with van der Waals surface area (Å²) >= 11 is 3.21. The molecule has 0 aliphatic rings. The van der Waals surface area contributed by atoms with Gasteiger partial charge in [0.05, 0.1) is 0 Å². The second kappa shape index (κ2) is 7.50. The normalized spacial score (nSPS) is 11.2. The molecule has 2 nitrogen and oxygen atoms in total. The van der Waals surface area contributed by atoms with Crippen LogP contribution in [0.4, 0.5) is 0 Å². The monoisotopic (exact) mass is 586 g/mol. The summed E-state index contributed by atoms with van der Waals surface area (Å²) in [7, 11) is 1.75. The third kappa shape index (κ3) is 3.21. The second-order valence-electron chi connectivity index (χ2n) is 5.29. The number of methoxy groups -OCH3 is 1. The Morgan fingerprint density at radius 3 is 2.17 bits per heavy atom. The molecule has 6 heteroatoms. The first-order valence-electron chi connectivity index (χ1n) is 7.41. The van der Waals surface area contributed by atoms with Crippen molar-refractivity contribution in [2.75, 3.05) is 7.11 Å². The third-order valence-corrected chi connectivity index (χ3v) is 11.4. The maximum absolute atomic E-state index is 11.8. The Labute approximate surface area is 167 Å². The summed E-state index contributed by atoms with van der Waals surface area (Å²) in [6, 6.07) is 8.78. The Morgan fingerprint density at radius 2 is 1.62 bits per heavy atom. The van der Waals surface area contributed by atoms with Crippen molar-refractivity contribution in [3.8, 4) is 5.75 Å². The maximum atomic E-state index is 11.8. The molecule has 122 valence electrons. The van der Waals surface area contributed by atoms with E-state index in [2.05, 4.69) is 32.4 Å². The molecule has 0 saturated carbocycles. The molecule has 0 fully saturated rings. The van der Waals surface area contributed by atoms with E-state index in [1.54, 1.807) is 29.8 Å². The molecule has 4 aromatic rings. The first-order chi connectivity index (χ1) is 11.8. The number of ether oxygens (including phenoxy) is 1. The number of aldehydes is 1. The summed E-state index contributed by atoms with van der Waals surface area (Å²) in [4.78, 5) is 14.2. The molecule has 0 radical (unpaired) electrons. The molecule has 0 spiro atoms. The Hall–Kier alpha value is -0.331. The van der Waals surface area contributed by atoms with Gasteiger partial charge in [0.25, 0.3) is 0 Å². The molecule has 4 heterocycles. The number of hydrogen-bond donors (Lipinski definition) is 0. The van der Waals surface area contributed by atoms with Crippen LogP contribution < -0.4 is 4.74 Å². The molecule has 0 aliphatic heterocycles. The number of hydrogen-bond acceptors (Lipinski definition) is 4. The van der Waals surface area contributed by atoms with Crippen molar-refractivity contribution < 1.29 is 9.53 Å². The number of fused-ring (bicyclic) bond motifs is 1. The molecule has 4 aromatic heterocycles. The minimum absolute atomic E-state index is 0.133. The van der Waals surface area contributed by atoms with E-state index >= 15 is 0 Å². The number of carbonyl (C=O) groups excluding carboxylic acids is 1. The fourth-order valence-electron chi connectivity index (χ4n) is 2.74. The van der Waals surface area contributed by atoms with Crippen LogP contribution in [0.15, 0.2) is 32.4 Å². The Balaban J connectivity index is 1.78. The quantitative estimate of drug-likeness (QED) is 0.254. The SMILES string of the molecule is COc1c(Cc2ccc[te]2)sc2c(C=O)c(Cc3ccc[te]3)sc12. The van der Waals surface area contributed by atoms with Crippen LogP contribution in [0.1, 0.15) is 27.3 Å². The second-order valence-corrected chi connectivity index (χ2v) is 13.4. The van der Waals surface area contributed by atoms with Crippen LogP contribution in [0, 0.1) is 0 Å². The van der Waals surface area contributed by atoms with Gasteiger partial charge in [-0.15, -0.1) is 0 Å². The average molecular weight is 582 g/mol. The van der Waals surface area contributed by atoms with Crippen molar-refractivity contribution >= 4 is 79.2 Å². The Morgan fingerprint density at radius 1 is 1.00 bits per heavy atom. The van der Waals surface area contributed by atoms with E-state index in [4.69, 9.17) is 4.74 Å². The van der Waals surface area contributed by atoms with Gasteiger partial charge in [-0.3, -0.25) is 0 Å². The molecule has 24 heavy (non-hydrogen) atoms. The molecule has 0 N–H and O–H groups in total. The van der Waals surface area contributed by atoms with Gasteiger partial charge in [-0.25, -0.2) is 0 Å². The molecular weight excluding hydrogens is 568 g/mol. The zero-order chi connectivity index (χ0) is 16.5. The summed E-state index contributed by atoms with van der Waals surface area (Å²) in [5.74, 6) is 0.990. The van der Waals surface area contributed by atoms with Gasteiger partial charge >= 0.3 is 169 Å². The molecule has 0 amide bonds. The summed E-state index contributed by atoms with van der Waals surface area (Å²) in [5.41, 5.74) is 0.889. The molecular formula is C18H14O2S2Te2. The van der Waals surface area contributed by atoms with E-state index in [9.17, 15) is 4.79 Å². The summed E-state index contributed by atoms with van der Waals surface area (Å²) in [6.45, 7) is 0. The Kier molecular flexibility index (Phi) is 5.35. The van der Waals surface area contributed by atoms with Crippen molar-refractivity contribution in [1.29, 1.82) is 0 Å². The summed E-state index contributed by atoms with van der Waals surface area (Å²) in [6.07, 6.45) is 2.94. The van der Waals surface area contributed by atoms with Gasteiger partial charge in [-0.1, -0.05) is 0 Å². The topological polar surface area (TPSA) is 26.3 Å². The van der Waals surface area contributed by atoms with E-state index < -0.39 is 0 Å². The minimum atomic E-state index is -0.155. The van der Waals surface area contributed by atoms with Gasteiger partial charge in [0, 0.05) is 0 Å². The number of thiophene rings is 2. The number of carbonyl (C=O) groups is 1. The zero-order valence-electron chi connectivity index (χ0n) is 12.9. The van der Waals surface area contributed by atoms with Crippen LogP contribution in [0.5, 0.6) is 5.75 Å². The third-order valence-electron chi connectivity index (χ3n) is 3.81. The molecule has 4 rings (SSSR count). The standard InChI is InChI=1S/C18H14O2S2Te2/c1-20-16-15(9-12-5-3-7-24-12)22-17-13(10-19)14(21-18(16)17)8-11-4-2-6-23-11/h2-7,10H,8-9H2,1H3. The van der Waals surface area contributed by atoms with Gasteiger partial charge in [-0.2, -0.15) is 0 Å². The van der Waals surface area contributed by atoms with E-state index in [-0.39, 0.29) is 40.9 Å². The van der Waals surface area contributed by atoms with Gasteiger partial charge in [0.2, 0.25) is 0 Å². The van der Waals surface area contributed by atoms with E-state index in [0.29, 0.717) is 0 Å².